The van der Waals surface area contributed by atoms with E-state index in [1.165, 1.54) is 5.56 Å². The van der Waals surface area contributed by atoms with Gasteiger partial charge in [-0.2, -0.15) is 5.10 Å². The smallest absolute Gasteiger partial charge is 0.142 e. The van der Waals surface area contributed by atoms with E-state index in [1.54, 1.807) is 10.9 Å². The Morgan fingerprint density at radius 3 is 2.67 bits per heavy atom. The molecule has 0 aliphatic carbocycles. The lowest BCUT2D eigenvalue weighted by Crippen LogP contribution is -1.98. The normalized spacial score (nSPS) is 11.3. The summed E-state index contributed by atoms with van der Waals surface area (Å²) in [5.74, 6) is 1.59. The van der Waals surface area contributed by atoms with Gasteiger partial charge in [0, 0.05) is 23.6 Å². The highest BCUT2D eigenvalue weighted by atomic mass is 16.3. The molecule has 0 aliphatic rings. The molecule has 3 rings (SSSR count). The molecule has 92 valence electrons. The zero-order chi connectivity index (χ0) is 12.9. The van der Waals surface area contributed by atoms with E-state index in [0.29, 0.717) is 5.82 Å². The van der Waals surface area contributed by atoms with Crippen LogP contribution in [-0.4, -0.2) is 9.78 Å². The molecule has 0 radical (unpaired) electrons. The molecule has 0 spiro atoms. The van der Waals surface area contributed by atoms with Gasteiger partial charge in [-0.15, -0.1) is 0 Å². The minimum absolute atomic E-state index is 0.647. The molecule has 0 amide bonds. The minimum Gasteiger partial charge on any atom is -0.460 e. The molecule has 3 aromatic rings. The minimum atomic E-state index is 0.647. The maximum atomic E-state index is 6.03. The predicted molar refractivity (Wildman–Crippen MR) is 72.3 cm³/mol. The number of rotatable bonds is 1. The third-order valence-electron chi connectivity index (χ3n) is 3.48. The Morgan fingerprint density at radius 2 is 2.00 bits per heavy atom. The molecule has 0 aliphatic heterocycles. The summed E-state index contributed by atoms with van der Waals surface area (Å²) in [6, 6.07) is 6.10. The monoisotopic (exact) mass is 241 g/mol. The number of para-hydroxylation sites is 1. The highest BCUT2D eigenvalue weighted by Gasteiger charge is 2.15. The van der Waals surface area contributed by atoms with Crippen molar-refractivity contribution in [2.75, 3.05) is 5.73 Å². The average molecular weight is 241 g/mol. The number of nitrogens with zero attached hydrogens (tertiary/aromatic N) is 2. The summed E-state index contributed by atoms with van der Waals surface area (Å²) in [5.41, 5.74) is 9.99. The van der Waals surface area contributed by atoms with Gasteiger partial charge in [0.1, 0.15) is 17.2 Å². The summed E-state index contributed by atoms with van der Waals surface area (Å²) in [7, 11) is 1.83. The third kappa shape index (κ3) is 1.35. The van der Waals surface area contributed by atoms with Crippen LogP contribution in [0.4, 0.5) is 5.82 Å². The standard InChI is InChI=1S/C14H15N3O/c1-8-9(2)18-13-10(8)5-4-6-11(13)12-7-16-17(3)14(12)15/h4-7H,15H2,1-3H3. The van der Waals surface area contributed by atoms with Gasteiger partial charge in [-0.3, -0.25) is 4.68 Å². The van der Waals surface area contributed by atoms with Crippen LogP contribution in [0.1, 0.15) is 11.3 Å². The first-order valence-electron chi connectivity index (χ1n) is 5.86. The lowest BCUT2D eigenvalue weighted by Gasteiger charge is -2.01. The topological polar surface area (TPSA) is 57.0 Å². The first kappa shape index (κ1) is 10.9. The zero-order valence-electron chi connectivity index (χ0n) is 10.7. The summed E-state index contributed by atoms with van der Waals surface area (Å²) >= 11 is 0. The fourth-order valence-corrected chi connectivity index (χ4v) is 2.23. The maximum Gasteiger partial charge on any atom is 0.142 e. The second-order valence-corrected chi connectivity index (χ2v) is 4.53. The van der Waals surface area contributed by atoms with Crippen molar-refractivity contribution >= 4 is 16.8 Å². The van der Waals surface area contributed by atoms with Crippen molar-refractivity contribution in [2.24, 2.45) is 7.05 Å². The van der Waals surface area contributed by atoms with Crippen LogP contribution in [0, 0.1) is 13.8 Å². The summed E-state index contributed by atoms with van der Waals surface area (Å²) < 4.78 is 7.52. The van der Waals surface area contributed by atoms with E-state index >= 15 is 0 Å². The number of furan rings is 1. The second-order valence-electron chi connectivity index (χ2n) is 4.53. The highest BCUT2D eigenvalue weighted by Crippen LogP contribution is 2.35. The second kappa shape index (κ2) is 3.63. The molecular weight excluding hydrogens is 226 g/mol. The summed E-state index contributed by atoms with van der Waals surface area (Å²) in [4.78, 5) is 0. The van der Waals surface area contributed by atoms with Gasteiger partial charge >= 0.3 is 0 Å². The quantitative estimate of drug-likeness (QED) is 0.712. The lowest BCUT2D eigenvalue weighted by molar-refractivity contribution is 0.576. The van der Waals surface area contributed by atoms with Crippen LogP contribution in [0.2, 0.25) is 0 Å². The number of nitrogen functional groups attached to an aromatic ring is 1. The van der Waals surface area contributed by atoms with Gasteiger partial charge in [0.25, 0.3) is 0 Å². The van der Waals surface area contributed by atoms with Gasteiger partial charge in [-0.25, -0.2) is 0 Å². The van der Waals surface area contributed by atoms with Gasteiger partial charge in [-0.05, 0) is 19.4 Å². The van der Waals surface area contributed by atoms with Crippen LogP contribution < -0.4 is 5.73 Å². The van der Waals surface area contributed by atoms with Crippen LogP contribution in [-0.2, 0) is 7.05 Å². The molecule has 4 nitrogen and oxygen atoms in total. The Bertz CT molecular complexity index is 737. The van der Waals surface area contributed by atoms with E-state index in [4.69, 9.17) is 10.2 Å². The molecule has 4 heteroatoms. The number of nitrogens with two attached hydrogens (primary N) is 1. The molecule has 0 fully saturated rings. The van der Waals surface area contributed by atoms with Crippen LogP contribution in [0.3, 0.4) is 0 Å². The van der Waals surface area contributed by atoms with Crippen molar-refractivity contribution < 1.29 is 4.42 Å². The molecule has 2 aromatic heterocycles. The Morgan fingerprint density at radius 1 is 1.22 bits per heavy atom. The fourth-order valence-electron chi connectivity index (χ4n) is 2.23. The van der Waals surface area contributed by atoms with Crippen LogP contribution in [0.5, 0.6) is 0 Å². The van der Waals surface area contributed by atoms with E-state index in [0.717, 1.165) is 27.9 Å². The summed E-state index contributed by atoms with van der Waals surface area (Å²) in [6.07, 6.45) is 1.78. The summed E-state index contributed by atoms with van der Waals surface area (Å²) in [5, 5.41) is 5.31. The average Bonchev–Trinajstić information content (AvgIpc) is 2.83. The summed E-state index contributed by atoms with van der Waals surface area (Å²) in [6.45, 7) is 4.04. The predicted octanol–water partition coefficient (Wildman–Crippen LogP) is 3.03. The molecule has 18 heavy (non-hydrogen) atoms. The number of fused-ring (bicyclic) bond motifs is 1. The lowest BCUT2D eigenvalue weighted by atomic mass is 10.0. The Balaban J connectivity index is 2.36. The highest BCUT2D eigenvalue weighted by molar-refractivity contribution is 5.96. The number of hydrogen-bond acceptors (Lipinski definition) is 3. The Kier molecular flexibility index (Phi) is 2.20. The van der Waals surface area contributed by atoms with Gasteiger partial charge in [0.15, 0.2) is 0 Å². The first-order chi connectivity index (χ1) is 8.59. The molecule has 1 aromatic carbocycles. The van der Waals surface area contributed by atoms with Gasteiger partial charge < -0.3 is 10.2 Å². The zero-order valence-corrected chi connectivity index (χ0v) is 10.7. The van der Waals surface area contributed by atoms with E-state index in [9.17, 15) is 0 Å². The Hall–Kier alpha value is -2.23. The van der Waals surface area contributed by atoms with E-state index in [-0.39, 0.29) is 0 Å². The molecule has 0 saturated carbocycles. The largest absolute Gasteiger partial charge is 0.460 e. The molecule has 2 N–H and O–H groups in total. The van der Waals surface area contributed by atoms with E-state index in [1.807, 2.05) is 26.1 Å². The number of aromatic nitrogens is 2. The van der Waals surface area contributed by atoms with Gasteiger partial charge in [0.2, 0.25) is 0 Å². The maximum absolute atomic E-state index is 6.03. The van der Waals surface area contributed by atoms with Crippen molar-refractivity contribution in [3.63, 3.8) is 0 Å². The number of hydrogen-bond donors (Lipinski definition) is 1. The van der Waals surface area contributed by atoms with Crippen LogP contribution in [0.15, 0.2) is 28.8 Å². The molecule has 0 unspecified atom stereocenters. The van der Waals surface area contributed by atoms with Crippen molar-refractivity contribution in [1.29, 1.82) is 0 Å². The molecular formula is C14H15N3O. The van der Waals surface area contributed by atoms with Crippen molar-refractivity contribution in [2.45, 2.75) is 13.8 Å². The SMILES string of the molecule is Cc1oc2c(-c3cnn(C)c3N)cccc2c1C. The molecule has 0 atom stereocenters. The van der Waals surface area contributed by atoms with Crippen molar-refractivity contribution in [3.05, 3.63) is 35.7 Å². The fraction of sp³-hybridized carbons (Fsp3) is 0.214. The molecule has 0 bridgehead atoms. The van der Waals surface area contributed by atoms with Gasteiger partial charge in [-0.1, -0.05) is 18.2 Å². The van der Waals surface area contributed by atoms with Crippen LogP contribution in [0.25, 0.3) is 22.1 Å². The van der Waals surface area contributed by atoms with E-state index < -0.39 is 0 Å². The van der Waals surface area contributed by atoms with Crippen molar-refractivity contribution in [1.82, 2.24) is 9.78 Å². The first-order valence-corrected chi connectivity index (χ1v) is 5.86. The van der Waals surface area contributed by atoms with Gasteiger partial charge in [0.05, 0.1) is 6.20 Å². The molecule has 2 heterocycles. The molecule has 0 saturated heterocycles. The Labute approximate surface area is 105 Å². The third-order valence-corrected chi connectivity index (χ3v) is 3.48. The number of anilines is 1. The van der Waals surface area contributed by atoms with E-state index in [2.05, 4.69) is 18.1 Å². The number of aryl methyl sites for hydroxylation is 3. The van der Waals surface area contributed by atoms with Crippen LogP contribution >= 0.6 is 0 Å². The van der Waals surface area contributed by atoms with Crippen molar-refractivity contribution in [3.8, 4) is 11.1 Å². The number of benzene rings is 1.